The van der Waals surface area contributed by atoms with E-state index in [0.29, 0.717) is 5.56 Å². The molecule has 0 atom stereocenters. The number of carbonyl (C=O) groups excluding carboxylic acids is 2. The first kappa shape index (κ1) is 16.7. The summed E-state index contributed by atoms with van der Waals surface area (Å²) in [5.74, 6) is -0.365. The van der Waals surface area contributed by atoms with E-state index in [4.69, 9.17) is 0 Å². The second-order valence-electron chi connectivity index (χ2n) is 5.89. The van der Waals surface area contributed by atoms with Gasteiger partial charge in [-0.15, -0.1) is 0 Å². The Labute approximate surface area is 137 Å². The van der Waals surface area contributed by atoms with Crippen LogP contribution in [0.15, 0.2) is 42.5 Å². The van der Waals surface area contributed by atoms with Crippen molar-refractivity contribution in [3.63, 3.8) is 0 Å². The molecule has 0 radical (unpaired) electrons. The number of anilines is 1. The van der Waals surface area contributed by atoms with Crippen molar-refractivity contribution in [3.05, 3.63) is 64.7 Å². The Morgan fingerprint density at radius 3 is 2.17 bits per heavy atom. The third-order valence-corrected chi connectivity index (χ3v) is 3.68. The van der Waals surface area contributed by atoms with Gasteiger partial charge in [-0.25, -0.2) is 0 Å². The molecule has 4 heteroatoms. The highest BCUT2D eigenvalue weighted by Gasteiger charge is 2.16. The van der Waals surface area contributed by atoms with Gasteiger partial charge in [-0.1, -0.05) is 35.4 Å². The third kappa shape index (κ3) is 4.42. The smallest absolute Gasteiger partial charge is 0.254 e. The number of aryl methyl sites for hydroxylation is 3. The van der Waals surface area contributed by atoms with Gasteiger partial charge in [0, 0.05) is 18.3 Å². The first-order valence-corrected chi connectivity index (χ1v) is 7.56. The molecule has 0 spiro atoms. The van der Waals surface area contributed by atoms with Gasteiger partial charge in [0.05, 0.1) is 6.54 Å². The third-order valence-electron chi connectivity index (χ3n) is 3.68. The summed E-state index contributed by atoms with van der Waals surface area (Å²) < 4.78 is 0. The summed E-state index contributed by atoms with van der Waals surface area (Å²) in [6.45, 7) is 5.89. The molecule has 0 aromatic heterocycles. The summed E-state index contributed by atoms with van der Waals surface area (Å²) in [5.41, 5.74) is 4.51. The largest absolute Gasteiger partial charge is 0.332 e. The topological polar surface area (TPSA) is 49.4 Å². The standard InChI is InChI=1S/C19H22N2O2/c1-13-5-8-16(9-6-13)20-18(22)12-21(4)19(23)17-10-7-14(2)11-15(17)3/h5-11H,12H2,1-4H3,(H,20,22). The van der Waals surface area contributed by atoms with E-state index in [1.807, 2.05) is 57.2 Å². The van der Waals surface area contributed by atoms with Crippen LogP contribution in [-0.4, -0.2) is 30.3 Å². The number of likely N-dealkylation sites (N-methyl/N-ethyl adjacent to an activating group) is 1. The minimum atomic E-state index is -0.213. The fourth-order valence-corrected chi connectivity index (χ4v) is 2.38. The van der Waals surface area contributed by atoms with Crippen LogP contribution in [-0.2, 0) is 4.79 Å². The van der Waals surface area contributed by atoms with Crippen LogP contribution in [0.4, 0.5) is 5.69 Å². The normalized spacial score (nSPS) is 10.3. The lowest BCUT2D eigenvalue weighted by Crippen LogP contribution is -2.35. The van der Waals surface area contributed by atoms with Gasteiger partial charge in [0.2, 0.25) is 5.91 Å². The molecule has 0 bridgehead atoms. The predicted molar refractivity (Wildman–Crippen MR) is 92.7 cm³/mol. The van der Waals surface area contributed by atoms with E-state index in [1.165, 1.54) is 4.90 Å². The lowest BCUT2D eigenvalue weighted by atomic mass is 10.0. The van der Waals surface area contributed by atoms with E-state index in [9.17, 15) is 9.59 Å². The molecule has 1 N–H and O–H groups in total. The van der Waals surface area contributed by atoms with Crippen LogP contribution in [0, 0.1) is 20.8 Å². The van der Waals surface area contributed by atoms with Gasteiger partial charge in [0.15, 0.2) is 0 Å². The highest BCUT2D eigenvalue weighted by atomic mass is 16.2. The van der Waals surface area contributed by atoms with Crippen molar-refractivity contribution < 1.29 is 9.59 Å². The molecule has 23 heavy (non-hydrogen) atoms. The molecule has 0 fully saturated rings. The second kappa shape index (κ2) is 7.09. The Morgan fingerprint density at radius 1 is 0.957 bits per heavy atom. The van der Waals surface area contributed by atoms with Gasteiger partial charge in [-0.05, 0) is 44.5 Å². The van der Waals surface area contributed by atoms with Gasteiger partial charge >= 0.3 is 0 Å². The molecular weight excluding hydrogens is 288 g/mol. The Balaban J connectivity index is 2.00. The summed E-state index contributed by atoms with van der Waals surface area (Å²) in [6, 6.07) is 13.2. The molecule has 2 aromatic rings. The molecule has 0 saturated carbocycles. The highest BCUT2D eigenvalue weighted by Crippen LogP contribution is 2.13. The van der Waals surface area contributed by atoms with E-state index in [1.54, 1.807) is 13.1 Å². The maximum Gasteiger partial charge on any atom is 0.254 e. The maximum absolute atomic E-state index is 12.5. The van der Waals surface area contributed by atoms with Gasteiger partial charge in [0.25, 0.3) is 5.91 Å². The fourth-order valence-electron chi connectivity index (χ4n) is 2.38. The highest BCUT2D eigenvalue weighted by molar-refractivity contribution is 6.00. The average Bonchev–Trinajstić information content (AvgIpc) is 2.49. The molecule has 0 aliphatic carbocycles. The predicted octanol–water partition coefficient (Wildman–Crippen LogP) is 3.32. The zero-order chi connectivity index (χ0) is 17.0. The Morgan fingerprint density at radius 2 is 1.57 bits per heavy atom. The minimum Gasteiger partial charge on any atom is -0.332 e. The summed E-state index contributed by atoms with van der Waals surface area (Å²) in [5, 5.41) is 2.80. The maximum atomic E-state index is 12.5. The van der Waals surface area contributed by atoms with Crippen molar-refractivity contribution in [3.8, 4) is 0 Å². The number of benzene rings is 2. The number of nitrogens with one attached hydrogen (secondary N) is 1. The lowest BCUT2D eigenvalue weighted by molar-refractivity contribution is -0.116. The molecule has 4 nitrogen and oxygen atoms in total. The molecular formula is C19H22N2O2. The minimum absolute atomic E-state index is 0.0139. The number of hydrogen-bond donors (Lipinski definition) is 1. The summed E-state index contributed by atoms with van der Waals surface area (Å²) in [7, 11) is 1.64. The second-order valence-corrected chi connectivity index (χ2v) is 5.89. The van der Waals surface area contributed by atoms with Crippen LogP contribution < -0.4 is 5.32 Å². The number of hydrogen-bond acceptors (Lipinski definition) is 2. The molecule has 0 heterocycles. The molecule has 0 aliphatic rings. The zero-order valence-electron chi connectivity index (χ0n) is 14.0. The molecule has 2 aromatic carbocycles. The van der Waals surface area contributed by atoms with E-state index >= 15 is 0 Å². The Hall–Kier alpha value is -2.62. The zero-order valence-corrected chi connectivity index (χ0v) is 14.0. The van der Waals surface area contributed by atoms with Crippen molar-refractivity contribution >= 4 is 17.5 Å². The van der Waals surface area contributed by atoms with Gasteiger partial charge in [-0.2, -0.15) is 0 Å². The van der Waals surface area contributed by atoms with E-state index < -0.39 is 0 Å². The van der Waals surface area contributed by atoms with Crippen molar-refractivity contribution in [1.82, 2.24) is 4.90 Å². The van der Waals surface area contributed by atoms with Crippen molar-refractivity contribution in [2.24, 2.45) is 0 Å². The van der Waals surface area contributed by atoms with Crippen LogP contribution in [0.25, 0.3) is 0 Å². The molecule has 0 aliphatic heterocycles. The van der Waals surface area contributed by atoms with Crippen molar-refractivity contribution in [2.75, 3.05) is 18.9 Å². The van der Waals surface area contributed by atoms with E-state index in [2.05, 4.69) is 5.32 Å². The molecule has 120 valence electrons. The number of carbonyl (C=O) groups is 2. The summed E-state index contributed by atoms with van der Waals surface area (Å²) in [4.78, 5) is 26.0. The number of nitrogens with zero attached hydrogens (tertiary/aromatic N) is 1. The quantitative estimate of drug-likeness (QED) is 0.941. The fraction of sp³-hybridized carbons (Fsp3) is 0.263. The Kier molecular flexibility index (Phi) is 5.16. The summed E-state index contributed by atoms with van der Waals surface area (Å²) in [6.07, 6.45) is 0. The number of rotatable bonds is 4. The molecule has 0 unspecified atom stereocenters. The van der Waals surface area contributed by atoms with Crippen LogP contribution in [0.5, 0.6) is 0 Å². The van der Waals surface area contributed by atoms with Gasteiger partial charge in [-0.3, -0.25) is 9.59 Å². The first-order valence-electron chi connectivity index (χ1n) is 7.56. The lowest BCUT2D eigenvalue weighted by Gasteiger charge is -2.18. The molecule has 0 saturated heterocycles. The SMILES string of the molecule is Cc1ccc(NC(=O)CN(C)C(=O)c2ccc(C)cc2C)cc1. The van der Waals surface area contributed by atoms with Crippen LogP contribution in [0.3, 0.4) is 0 Å². The monoisotopic (exact) mass is 310 g/mol. The summed E-state index contributed by atoms with van der Waals surface area (Å²) >= 11 is 0. The van der Waals surface area contributed by atoms with Crippen molar-refractivity contribution in [2.45, 2.75) is 20.8 Å². The van der Waals surface area contributed by atoms with Gasteiger partial charge < -0.3 is 10.2 Å². The van der Waals surface area contributed by atoms with Crippen molar-refractivity contribution in [1.29, 1.82) is 0 Å². The van der Waals surface area contributed by atoms with Crippen LogP contribution >= 0.6 is 0 Å². The average molecular weight is 310 g/mol. The van der Waals surface area contributed by atoms with E-state index in [-0.39, 0.29) is 18.4 Å². The first-order chi connectivity index (χ1) is 10.9. The van der Waals surface area contributed by atoms with Gasteiger partial charge in [0.1, 0.15) is 0 Å². The van der Waals surface area contributed by atoms with Crippen LogP contribution in [0.1, 0.15) is 27.0 Å². The molecule has 2 rings (SSSR count). The van der Waals surface area contributed by atoms with E-state index in [0.717, 1.165) is 22.4 Å². The molecule has 2 amide bonds. The van der Waals surface area contributed by atoms with Crippen LogP contribution in [0.2, 0.25) is 0 Å². The Bertz CT molecular complexity index is 721. The number of amides is 2.